The number of pyridine rings is 1. The topological polar surface area (TPSA) is 22.1 Å². The van der Waals surface area contributed by atoms with Gasteiger partial charge in [0.05, 0.1) is 13.2 Å². The maximum atomic E-state index is 5.78. The second kappa shape index (κ2) is 6.94. The summed E-state index contributed by atoms with van der Waals surface area (Å²) in [7, 11) is 0. The Labute approximate surface area is 112 Å². The molecule has 0 saturated carbocycles. The van der Waals surface area contributed by atoms with Crippen molar-refractivity contribution in [3.63, 3.8) is 0 Å². The highest BCUT2D eigenvalue weighted by Crippen LogP contribution is 2.08. The predicted octanol–water partition coefficient (Wildman–Crippen LogP) is 3.97. The number of aromatic nitrogens is 1. The number of rotatable bonds is 5. The van der Waals surface area contributed by atoms with Crippen LogP contribution in [-0.4, -0.2) is 11.6 Å². The van der Waals surface area contributed by atoms with Crippen LogP contribution in [0.15, 0.2) is 54.7 Å². The Hall–Kier alpha value is -1.64. The summed E-state index contributed by atoms with van der Waals surface area (Å²) >= 11 is 5.78. The third-order valence-electron chi connectivity index (χ3n) is 2.38. The van der Waals surface area contributed by atoms with E-state index in [-0.39, 0.29) is 0 Å². The Morgan fingerprint density at radius 2 is 2.00 bits per heavy atom. The van der Waals surface area contributed by atoms with Crippen molar-refractivity contribution < 1.29 is 4.74 Å². The Morgan fingerprint density at radius 3 is 2.78 bits per heavy atom. The average Bonchev–Trinajstić information content (AvgIpc) is 2.40. The molecule has 0 aliphatic rings. The fraction of sp³-hybridized carbons (Fsp3) is 0.133. The average molecular weight is 260 g/mol. The van der Waals surface area contributed by atoms with Gasteiger partial charge in [0.25, 0.3) is 0 Å². The molecular formula is C15H14ClNO. The van der Waals surface area contributed by atoms with Crippen LogP contribution in [0, 0.1) is 0 Å². The molecule has 2 rings (SSSR count). The van der Waals surface area contributed by atoms with Crippen molar-refractivity contribution >= 4 is 17.7 Å². The van der Waals surface area contributed by atoms with E-state index in [1.807, 2.05) is 42.5 Å². The molecule has 0 atom stereocenters. The molecule has 1 heterocycles. The number of hydrogen-bond donors (Lipinski definition) is 0. The van der Waals surface area contributed by atoms with Crippen molar-refractivity contribution in [1.82, 2.24) is 4.98 Å². The van der Waals surface area contributed by atoms with Crippen molar-refractivity contribution in [3.8, 4) is 0 Å². The van der Waals surface area contributed by atoms with Crippen LogP contribution in [0.4, 0.5) is 0 Å². The molecule has 0 fully saturated rings. The zero-order valence-corrected chi connectivity index (χ0v) is 10.7. The minimum absolute atomic E-state index is 0.496. The molecule has 0 aliphatic heterocycles. The second-order valence-corrected chi connectivity index (χ2v) is 4.20. The van der Waals surface area contributed by atoms with E-state index in [2.05, 4.69) is 17.1 Å². The van der Waals surface area contributed by atoms with Crippen molar-refractivity contribution in [2.24, 2.45) is 0 Å². The van der Waals surface area contributed by atoms with Gasteiger partial charge in [0, 0.05) is 6.20 Å². The van der Waals surface area contributed by atoms with Crippen LogP contribution in [0.1, 0.15) is 11.1 Å². The molecule has 2 aromatic rings. The third kappa shape index (κ3) is 4.32. The second-order valence-electron chi connectivity index (χ2n) is 3.81. The normalized spacial score (nSPS) is 10.9. The van der Waals surface area contributed by atoms with E-state index >= 15 is 0 Å². The van der Waals surface area contributed by atoms with Gasteiger partial charge in [0.1, 0.15) is 5.15 Å². The number of nitrogens with zero attached hydrogens (tertiary/aromatic N) is 1. The minimum atomic E-state index is 0.496. The van der Waals surface area contributed by atoms with Crippen LogP contribution >= 0.6 is 11.6 Å². The van der Waals surface area contributed by atoms with Crippen molar-refractivity contribution in [1.29, 1.82) is 0 Å². The lowest BCUT2D eigenvalue weighted by atomic mass is 10.2. The highest BCUT2D eigenvalue weighted by Gasteiger charge is 1.94. The third-order valence-corrected chi connectivity index (χ3v) is 2.59. The fourth-order valence-corrected chi connectivity index (χ4v) is 1.72. The van der Waals surface area contributed by atoms with Gasteiger partial charge in [-0.1, -0.05) is 54.1 Å². The lowest BCUT2D eigenvalue weighted by Gasteiger charge is -2.01. The van der Waals surface area contributed by atoms with E-state index in [9.17, 15) is 0 Å². The van der Waals surface area contributed by atoms with Crippen molar-refractivity contribution in [2.75, 3.05) is 6.61 Å². The van der Waals surface area contributed by atoms with Gasteiger partial charge < -0.3 is 4.74 Å². The Kier molecular flexibility index (Phi) is 4.94. The highest BCUT2D eigenvalue weighted by molar-refractivity contribution is 6.29. The first-order chi connectivity index (χ1) is 8.84. The fourth-order valence-electron chi connectivity index (χ4n) is 1.53. The van der Waals surface area contributed by atoms with Gasteiger partial charge in [-0.2, -0.15) is 0 Å². The zero-order chi connectivity index (χ0) is 12.6. The van der Waals surface area contributed by atoms with Gasteiger partial charge in [0.15, 0.2) is 0 Å². The molecule has 3 heteroatoms. The lowest BCUT2D eigenvalue weighted by Crippen LogP contribution is -1.93. The monoisotopic (exact) mass is 259 g/mol. The number of ether oxygens (including phenoxy) is 1. The van der Waals surface area contributed by atoms with Crippen molar-refractivity contribution in [2.45, 2.75) is 6.61 Å². The molecule has 0 amide bonds. The molecule has 0 radical (unpaired) electrons. The molecular weight excluding hydrogens is 246 g/mol. The Morgan fingerprint density at radius 1 is 1.17 bits per heavy atom. The van der Waals surface area contributed by atoms with Gasteiger partial charge in [-0.05, 0) is 23.3 Å². The quantitative estimate of drug-likeness (QED) is 0.599. The summed E-state index contributed by atoms with van der Waals surface area (Å²) in [5.41, 5.74) is 2.20. The van der Waals surface area contributed by atoms with E-state index in [0.717, 1.165) is 5.56 Å². The largest absolute Gasteiger partial charge is 0.373 e. The first kappa shape index (κ1) is 12.8. The summed E-state index contributed by atoms with van der Waals surface area (Å²) in [6, 6.07) is 13.8. The van der Waals surface area contributed by atoms with Crippen LogP contribution in [-0.2, 0) is 11.3 Å². The minimum Gasteiger partial charge on any atom is -0.373 e. The summed E-state index contributed by atoms with van der Waals surface area (Å²) in [6.45, 7) is 1.12. The molecule has 1 aromatic carbocycles. The van der Waals surface area contributed by atoms with Crippen LogP contribution in [0.5, 0.6) is 0 Å². The molecule has 18 heavy (non-hydrogen) atoms. The van der Waals surface area contributed by atoms with Crippen LogP contribution < -0.4 is 0 Å². The van der Waals surface area contributed by atoms with E-state index in [4.69, 9.17) is 16.3 Å². The van der Waals surface area contributed by atoms with E-state index < -0.39 is 0 Å². The van der Waals surface area contributed by atoms with Gasteiger partial charge in [-0.15, -0.1) is 0 Å². The molecule has 92 valence electrons. The zero-order valence-electron chi connectivity index (χ0n) is 9.92. The van der Waals surface area contributed by atoms with E-state index in [1.54, 1.807) is 6.20 Å². The molecule has 0 aliphatic carbocycles. The summed E-state index contributed by atoms with van der Waals surface area (Å²) in [5, 5.41) is 0.496. The Bertz CT molecular complexity index is 511. The van der Waals surface area contributed by atoms with E-state index in [1.165, 1.54) is 5.56 Å². The molecule has 1 aromatic heterocycles. The maximum Gasteiger partial charge on any atom is 0.129 e. The first-order valence-electron chi connectivity index (χ1n) is 5.74. The highest BCUT2D eigenvalue weighted by atomic mass is 35.5. The SMILES string of the molecule is Clc1cc(COCC=Cc2ccccc2)ccn1. The smallest absolute Gasteiger partial charge is 0.129 e. The van der Waals surface area contributed by atoms with Crippen LogP contribution in [0.2, 0.25) is 5.15 Å². The number of hydrogen-bond acceptors (Lipinski definition) is 2. The maximum absolute atomic E-state index is 5.78. The summed E-state index contributed by atoms with van der Waals surface area (Å²) < 4.78 is 5.52. The number of halogens is 1. The van der Waals surface area contributed by atoms with Crippen LogP contribution in [0.25, 0.3) is 6.08 Å². The molecule has 0 saturated heterocycles. The molecule has 2 nitrogen and oxygen atoms in total. The predicted molar refractivity (Wildman–Crippen MR) is 74.4 cm³/mol. The summed E-state index contributed by atoms with van der Waals surface area (Å²) in [6.07, 6.45) is 5.72. The van der Waals surface area contributed by atoms with Crippen molar-refractivity contribution in [3.05, 3.63) is 71.0 Å². The van der Waals surface area contributed by atoms with Gasteiger partial charge in [0.2, 0.25) is 0 Å². The molecule has 0 N–H and O–H groups in total. The summed E-state index contributed by atoms with van der Waals surface area (Å²) in [4.78, 5) is 3.92. The molecule has 0 unspecified atom stereocenters. The van der Waals surface area contributed by atoms with Crippen LogP contribution in [0.3, 0.4) is 0 Å². The van der Waals surface area contributed by atoms with Gasteiger partial charge in [-0.25, -0.2) is 4.98 Å². The number of benzene rings is 1. The standard InChI is InChI=1S/C15H14ClNO/c16-15-11-14(8-9-17-15)12-18-10-4-7-13-5-2-1-3-6-13/h1-9,11H,10,12H2. The Balaban J connectivity index is 1.75. The van der Waals surface area contributed by atoms with Gasteiger partial charge >= 0.3 is 0 Å². The van der Waals surface area contributed by atoms with E-state index in [0.29, 0.717) is 18.4 Å². The van der Waals surface area contributed by atoms with Gasteiger partial charge in [-0.3, -0.25) is 0 Å². The lowest BCUT2D eigenvalue weighted by molar-refractivity contribution is 0.149. The molecule has 0 spiro atoms. The summed E-state index contributed by atoms with van der Waals surface area (Å²) in [5.74, 6) is 0. The first-order valence-corrected chi connectivity index (χ1v) is 6.12. The molecule has 0 bridgehead atoms.